The van der Waals surface area contributed by atoms with Crippen molar-refractivity contribution in [2.24, 2.45) is 0 Å². The first-order valence-electron chi connectivity index (χ1n) is 3.87. The van der Waals surface area contributed by atoms with E-state index < -0.39 is 6.16 Å². The van der Waals surface area contributed by atoms with Gasteiger partial charge in [-0.15, -0.1) is 0 Å². The third-order valence-electron chi connectivity index (χ3n) is 1.65. The van der Waals surface area contributed by atoms with Crippen molar-refractivity contribution in [2.75, 3.05) is 0 Å². The van der Waals surface area contributed by atoms with E-state index in [1.807, 2.05) is 0 Å². The van der Waals surface area contributed by atoms with Crippen molar-refractivity contribution in [2.45, 2.75) is 0 Å². The Balaban J connectivity index is 2.46. The number of rotatable bonds is 1. The van der Waals surface area contributed by atoms with Crippen LogP contribution >= 0.6 is 0 Å². The Kier molecular flexibility index (Phi) is 1.98. The molecular weight excluding hydrogens is 184 g/mol. The summed E-state index contributed by atoms with van der Waals surface area (Å²) in [6.45, 7) is 0. The fraction of sp³-hybridized carbons (Fsp3) is 0. The van der Waals surface area contributed by atoms with Crippen molar-refractivity contribution in [3.63, 3.8) is 0 Å². The van der Waals surface area contributed by atoms with Crippen LogP contribution in [-0.2, 0) is 0 Å². The first kappa shape index (κ1) is 8.43. The highest BCUT2D eigenvalue weighted by Gasteiger charge is 2.02. The van der Waals surface area contributed by atoms with E-state index in [9.17, 15) is 4.79 Å². The number of carboxylic acid groups (broad SMARTS) is 1. The third-order valence-corrected chi connectivity index (χ3v) is 1.65. The number of nitrogens with zero attached hydrogens (tertiary/aromatic N) is 2. The van der Waals surface area contributed by atoms with Gasteiger partial charge in [0.15, 0.2) is 0 Å². The van der Waals surface area contributed by atoms with Gasteiger partial charge >= 0.3 is 6.16 Å². The quantitative estimate of drug-likeness (QED) is 0.547. The summed E-state index contributed by atoms with van der Waals surface area (Å²) in [4.78, 5) is 18.3. The minimum Gasteiger partial charge on any atom is -0.449 e. The molecule has 0 radical (unpaired) electrons. The first-order valence-corrected chi connectivity index (χ1v) is 3.87. The zero-order chi connectivity index (χ0) is 9.97. The van der Waals surface area contributed by atoms with Crippen LogP contribution in [-0.4, -0.2) is 21.2 Å². The standard InChI is InChI=1S/C9H6N2O3/c12-9(13)14-6-1-2-7-8(5-6)11-4-3-10-7/h1-5H,(H,12,13). The molecule has 0 atom stereocenters. The van der Waals surface area contributed by atoms with Gasteiger partial charge in [-0.05, 0) is 12.1 Å². The first-order chi connectivity index (χ1) is 6.75. The van der Waals surface area contributed by atoms with E-state index in [4.69, 9.17) is 5.11 Å². The smallest absolute Gasteiger partial charge is 0.449 e. The maximum absolute atomic E-state index is 10.2. The normalized spacial score (nSPS) is 10.0. The summed E-state index contributed by atoms with van der Waals surface area (Å²) in [6, 6.07) is 4.71. The monoisotopic (exact) mass is 190 g/mol. The molecular formula is C9H6N2O3. The zero-order valence-corrected chi connectivity index (χ0v) is 7.04. The zero-order valence-electron chi connectivity index (χ0n) is 7.04. The molecule has 0 spiro atoms. The predicted octanol–water partition coefficient (Wildman–Crippen LogP) is 1.69. The molecule has 1 aromatic heterocycles. The van der Waals surface area contributed by atoms with Crippen molar-refractivity contribution < 1.29 is 14.6 Å². The van der Waals surface area contributed by atoms with Gasteiger partial charge in [0.25, 0.3) is 0 Å². The summed E-state index contributed by atoms with van der Waals surface area (Å²) in [5, 5.41) is 8.38. The van der Waals surface area contributed by atoms with Crippen LogP contribution in [0.2, 0.25) is 0 Å². The van der Waals surface area contributed by atoms with E-state index in [1.54, 1.807) is 12.3 Å². The largest absolute Gasteiger partial charge is 0.511 e. The summed E-state index contributed by atoms with van der Waals surface area (Å²) in [5.74, 6) is 0.241. The van der Waals surface area contributed by atoms with Crippen molar-refractivity contribution >= 4 is 17.2 Å². The molecule has 0 fully saturated rings. The van der Waals surface area contributed by atoms with Gasteiger partial charge in [-0.1, -0.05) is 0 Å². The maximum atomic E-state index is 10.2. The number of carbonyl (C=O) groups is 1. The number of ether oxygens (including phenoxy) is 1. The van der Waals surface area contributed by atoms with E-state index in [-0.39, 0.29) is 5.75 Å². The summed E-state index contributed by atoms with van der Waals surface area (Å²) >= 11 is 0. The van der Waals surface area contributed by atoms with Crippen LogP contribution in [0.3, 0.4) is 0 Å². The molecule has 14 heavy (non-hydrogen) atoms. The number of hydrogen-bond acceptors (Lipinski definition) is 4. The SMILES string of the molecule is O=C(O)Oc1ccc2nccnc2c1. The Morgan fingerprint density at radius 1 is 1.21 bits per heavy atom. The second-order valence-corrected chi connectivity index (χ2v) is 2.57. The summed E-state index contributed by atoms with van der Waals surface area (Å²) < 4.78 is 4.47. The molecule has 0 amide bonds. The van der Waals surface area contributed by atoms with Crippen molar-refractivity contribution in [1.29, 1.82) is 0 Å². The highest BCUT2D eigenvalue weighted by molar-refractivity contribution is 5.76. The maximum Gasteiger partial charge on any atom is 0.511 e. The van der Waals surface area contributed by atoms with Crippen LogP contribution in [0.5, 0.6) is 5.75 Å². The van der Waals surface area contributed by atoms with Crippen molar-refractivity contribution in [3.8, 4) is 5.75 Å². The van der Waals surface area contributed by atoms with Crippen LogP contribution in [0.15, 0.2) is 30.6 Å². The lowest BCUT2D eigenvalue weighted by Gasteiger charge is -2.00. The van der Waals surface area contributed by atoms with E-state index in [0.29, 0.717) is 11.0 Å². The molecule has 5 nitrogen and oxygen atoms in total. The molecule has 1 aromatic carbocycles. The van der Waals surface area contributed by atoms with Gasteiger partial charge in [0.1, 0.15) is 5.75 Å². The Labute approximate surface area is 79.0 Å². The minimum atomic E-state index is -1.34. The van der Waals surface area contributed by atoms with E-state index in [1.165, 1.54) is 18.3 Å². The molecule has 0 aliphatic rings. The fourth-order valence-electron chi connectivity index (χ4n) is 1.11. The molecule has 0 aliphatic heterocycles. The van der Waals surface area contributed by atoms with Gasteiger partial charge < -0.3 is 9.84 Å². The van der Waals surface area contributed by atoms with Crippen molar-refractivity contribution in [3.05, 3.63) is 30.6 Å². The molecule has 5 heteroatoms. The highest BCUT2D eigenvalue weighted by atomic mass is 16.7. The lowest BCUT2D eigenvalue weighted by atomic mass is 10.3. The highest BCUT2D eigenvalue weighted by Crippen LogP contribution is 2.16. The molecule has 0 bridgehead atoms. The van der Waals surface area contributed by atoms with Gasteiger partial charge in [0.2, 0.25) is 0 Å². The number of hydrogen-bond donors (Lipinski definition) is 1. The second kappa shape index (κ2) is 3.29. The second-order valence-electron chi connectivity index (χ2n) is 2.57. The summed E-state index contributed by atoms with van der Waals surface area (Å²) in [7, 11) is 0. The van der Waals surface area contributed by atoms with E-state index in [0.717, 1.165) is 0 Å². The van der Waals surface area contributed by atoms with Gasteiger partial charge in [-0.3, -0.25) is 9.97 Å². The van der Waals surface area contributed by atoms with Crippen molar-refractivity contribution in [1.82, 2.24) is 9.97 Å². The minimum absolute atomic E-state index is 0.241. The Morgan fingerprint density at radius 3 is 2.64 bits per heavy atom. The lowest BCUT2D eigenvalue weighted by molar-refractivity contribution is 0.144. The molecule has 0 saturated carbocycles. The van der Waals surface area contributed by atoms with Gasteiger partial charge in [0.05, 0.1) is 11.0 Å². The van der Waals surface area contributed by atoms with E-state index >= 15 is 0 Å². The third kappa shape index (κ3) is 1.61. The number of fused-ring (bicyclic) bond motifs is 1. The average molecular weight is 190 g/mol. The number of aromatic nitrogens is 2. The van der Waals surface area contributed by atoms with Gasteiger partial charge in [-0.2, -0.15) is 0 Å². The molecule has 0 unspecified atom stereocenters. The van der Waals surface area contributed by atoms with Gasteiger partial charge in [0, 0.05) is 18.5 Å². The molecule has 70 valence electrons. The van der Waals surface area contributed by atoms with Crippen LogP contribution < -0.4 is 4.74 Å². The summed E-state index contributed by atoms with van der Waals surface area (Å²) in [5.41, 5.74) is 1.30. The van der Waals surface area contributed by atoms with Crippen LogP contribution in [0, 0.1) is 0 Å². The molecule has 2 rings (SSSR count). The van der Waals surface area contributed by atoms with E-state index in [2.05, 4.69) is 14.7 Å². The molecule has 0 aliphatic carbocycles. The lowest BCUT2D eigenvalue weighted by Crippen LogP contribution is -2.02. The number of benzene rings is 1. The fourth-order valence-corrected chi connectivity index (χ4v) is 1.11. The molecule has 2 aromatic rings. The topological polar surface area (TPSA) is 72.3 Å². The van der Waals surface area contributed by atoms with Crippen LogP contribution in [0.25, 0.3) is 11.0 Å². The summed E-state index contributed by atoms with van der Waals surface area (Å²) in [6.07, 6.45) is 1.76. The van der Waals surface area contributed by atoms with Crippen LogP contribution in [0.4, 0.5) is 4.79 Å². The molecule has 0 saturated heterocycles. The Hall–Kier alpha value is -2.17. The Morgan fingerprint density at radius 2 is 1.93 bits per heavy atom. The Bertz CT molecular complexity index is 484. The predicted molar refractivity (Wildman–Crippen MR) is 48.2 cm³/mol. The molecule has 1 heterocycles. The molecule has 1 N–H and O–H groups in total. The average Bonchev–Trinajstić information content (AvgIpc) is 2.17. The van der Waals surface area contributed by atoms with Crippen LogP contribution in [0.1, 0.15) is 0 Å². The van der Waals surface area contributed by atoms with Gasteiger partial charge in [-0.25, -0.2) is 4.79 Å².